The Balaban J connectivity index is 2.11. The minimum absolute atomic E-state index is 0.0954. The van der Waals surface area contributed by atoms with Crippen molar-refractivity contribution < 1.29 is 17.9 Å². The number of halogens is 3. The average Bonchev–Trinajstić information content (AvgIpc) is 2.37. The van der Waals surface area contributed by atoms with Crippen molar-refractivity contribution in [3.05, 3.63) is 18.2 Å². The molecule has 1 aromatic rings. The third-order valence-electron chi connectivity index (χ3n) is 3.41. The van der Waals surface area contributed by atoms with Crippen molar-refractivity contribution in [3.8, 4) is 5.75 Å². The highest BCUT2D eigenvalue weighted by atomic mass is 19.4. The Morgan fingerprint density at radius 2 is 2.15 bits per heavy atom. The van der Waals surface area contributed by atoms with Crippen LogP contribution in [0.3, 0.4) is 0 Å². The Morgan fingerprint density at radius 3 is 2.80 bits per heavy atom. The van der Waals surface area contributed by atoms with Crippen LogP contribution in [-0.4, -0.2) is 25.9 Å². The largest absolute Gasteiger partial charge is 0.482 e. The van der Waals surface area contributed by atoms with Crippen molar-refractivity contribution in [1.29, 1.82) is 0 Å². The van der Waals surface area contributed by atoms with Gasteiger partial charge in [-0.2, -0.15) is 13.2 Å². The van der Waals surface area contributed by atoms with E-state index in [1.165, 1.54) is 6.42 Å². The molecule has 6 heteroatoms. The highest BCUT2D eigenvalue weighted by Gasteiger charge is 2.29. The summed E-state index contributed by atoms with van der Waals surface area (Å²) >= 11 is 0. The Bertz CT molecular complexity index is 462. The summed E-state index contributed by atoms with van der Waals surface area (Å²) in [7, 11) is 0. The lowest BCUT2D eigenvalue weighted by Gasteiger charge is -2.33. The van der Waals surface area contributed by atoms with Gasteiger partial charge in [0.1, 0.15) is 5.75 Å². The number of rotatable bonds is 3. The van der Waals surface area contributed by atoms with Crippen LogP contribution in [0.1, 0.15) is 19.8 Å². The molecule has 1 unspecified atom stereocenters. The van der Waals surface area contributed by atoms with Crippen LogP contribution in [0.4, 0.5) is 24.5 Å². The molecule has 20 heavy (non-hydrogen) atoms. The lowest BCUT2D eigenvalue weighted by molar-refractivity contribution is -0.153. The monoisotopic (exact) mass is 288 g/mol. The molecular formula is C14H19F3N2O. The highest BCUT2D eigenvalue weighted by Crippen LogP contribution is 2.31. The molecular weight excluding hydrogens is 269 g/mol. The van der Waals surface area contributed by atoms with Crippen LogP contribution in [0, 0.1) is 5.92 Å². The van der Waals surface area contributed by atoms with Gasteiger partial charge in [-0.25, -0.2) is 0 Å². The number of ether oxygens (including phenoxy) is 1. The molecule has 0 amide bonds. The molecule has 1 aliphatic rings. The van der Waals surface area contributed by atoms with Gasteiger partial charge in [-0.1, -0.05) is 6.92 Å². The SMILES string of the molecule is CC1CCCN(c2ccc(N)c(OCC(F)(F)F)c2)C1. The number of hydrogen-bond acceptors (Lipinski definition) is 3. The van der Waals surface area contributed by atoms with Crippen molar-refractivity contribution >= 4 is 11.4 Å². The summed E-state index contributed by atoms with van der Waals surface area (Å²) in [5, 5.41) is 0. The maximum atomic E-state index is 12.2. The van der Waals surface area contributed by atoms with E-state index in [4.69, 9.17) is 10.5 Å². The summed E-state index contributed by atoms with van der Waals surface area (Å²) in [6.07, 6.45) is -2.09. The summed E-state index contributed by atoms with van der Waals surface area (Å²) in [6, 6.07) is 5.02. The fraction of sp³-hybridized carbons (Fsp3) is 0.571. The number of nitrogen functional groups attached to an aromatic ring is 1. The number of hydrogen-bond donors (Lipinski definition) is 1. The van der Waals surface area contributed by atoms with Crippen LogP contribution < -0.4 is 15.4 Å². The molecule has 112 valence electrons. The third-order valence-corrected chi connectivity index (χ3v) is 3.41. The van der Waals surface area contributed by atoms with Gasteiger partial charge in [0, 0.05) is 24.8 Å². The second-order valence-electron chi connectivity index (χ2n) is 5.32. The molecule has 3 nitrogen and oxygen atoms in total. The van der Waals surface area contributed by atoms with Gasteiger partial charge in [-0.3, -0.25) is 0 Å². The summed E-state index contributed by atoms with van der Waals surface area (Å²) < 4.78 is 41.4. The van der Waals surface area contributed by atoms with Crippen molar-refractivity contribution in [2.75, 3.05) is 30.3 Å². The zero-order valence-electron chi connectivity index (χ0n) is 11.4. The van der Waals surface area contributed by atoms with Crippen LogP contribution in [0.25, 0.3) is 0 Å². The van der Waals surface area contributed by atoms with Gasteiger partial charge in [0.05, 0.1) is 5.69 Å². The Labute approximate surface area is 116 Å². The van der Waals surface area contributed by atoms with Gasteiger partial charge < -0.3 is 15.4 Å². The fourth-order valence-electron chi connectivity index (χ4n) is 2.43. The summed E-state index contributed by atoms with van der Waals surface area (Å²) in [6.45, 7) is 2.66. The fourth-order valence-corrected chi connectivity index (χ4v) is 2.43. The van der Waals surface area contributed by atoms with Crippen LogP contribution in [0.2, 0.25) is 0 Å². The number of anilines is 2. The second-order valence-corrected chi connectivity index (χ2v) is 5.32. The van der Waals surface area contributed by atoms with Crippen molar-refractivity contribution in [1.82, 2.24) is 0 Å². The lowest BCUT2D eigenvalue weighted by atomic mass is 10.00. The number of alkyl halides is 3. The Morgan fingerprint density at radius 1 is 1.40 bits per heavy atom. The standard InChI is InChI=1S/C14H19F3N2O/c1-10-3-2-6-19(8-10)11-4-5-12(18)13(7-11)20-9-14(15,16)17/h4-5,7,10H,2-3,6,8-9,18H2,1H3. The minimum atomic E-state index is -4.36. The summed E-state index contributed by atoms with van der Waals surface area (Å²) in [5.74, 6) is 0.680. The molecule has 1 heterocycles. The molecule has 1 saturated heterocycles. The third kappa shape index (κ3) is 3.95. The molecule has 0 bridgehead atoms. The molecule has 2 N–H and O–H groups in total. The number of benzene rings is 1. The van der Waals surface area contributed by atoms with E-state index in [0.717, 1.165) is 25.2 Å². The average molecular weight is 288 g/mol. The number of nitrogens with two attached hydrogens (primary N) is 1. The van der Waals surface area contributed by atoms with E-state index in [2.05, 4.69) is 11.8 Å². The molecule has 1 atom stereocenters. The number of piperidine rings is 1. The molecule has 2 rings (SSSR count). The van der Waals surface area contributed by atoms with E-state index in [-0.39, 0.29) is 11.4 Å². The zero-order chi connectivity index (χ0) is 14.8. The molecule has 0 spiro atoms. The van der Waals surface area contributed by atoms with Gasteiger partial charge in [-0.05, 0) is 30.9 Å². The van der Waals surface area contributed by atoms with Gasteiger partial charge >= 0.3 is 6.18 Å². The minimum Gasteiger partial charge on any atom is -0.482 e. The van der Waals surface area contributed by atoms with Crippen molar-refractivity contribution in [2.45, 2.75) is 25.9 Å². The van der Waals surface area contributed by atoms with E-state index >= 15 is 0 Å². The first kappa shape index (κ1) is 14.8. The smallest absolute Gasteiger partial charge is 0.422 e. The quantitative estimate of drug-likeness (QED) is 0.866. The molecule has 0 aromatic heterocycles. The molecule has 1 aliphatic heterocycles. The van der Waals surface area contributed by atoms with Gasteiger partial charge in [0.2, 0.25) is 0 Å². The van der Waals surface area contributed by atoms with Gasteiger partial charge in [-0.15, -0.1) is 0 Å². The van der Waals surface area contributed by atoms with Crippen LogP contribution in [0.5, 0.6) is 5.75 Å². The van der Waals surface area contributed by atoms with Gasteiger partial charge in [0.15, 0.2) is 6.61 Å². The van der Waals surface area contributed by atoms with E-state index in [1.807, 2.05) is 6.07 Å². The first-order valence-corrected chi connectivity index (χ1v) is 6.69. The van der Waals surface area contributed by atoms with E-state index in [1.54, 1.807) is 12.1 Å². The maximum Gasteiger partial charge on any atom is 0.422 e. The summed E-state index contributed by atoms with van der Waals surface area (Å²) in [5.41, 5.74) is 6.75. The molecule has 0 radical (unpaired) electrons. The maximum absolute atomic E-state index is 12.2. The normalized spacial score (nSPS) is 20.0. The lowest BCUT2D eigenvalue weighted by Crippen LogP contribution is -2.34. The van der Waals surface area contributed by atoms with E-state index in [0.29, 0.717) is 5.92 Å². The summed E-state index contributed by atoms with van der Waals surface area (Å²) in [4.78, 5) is 2.16. The Kier molecular flexibility index (Phi) is 4.30. The highest BCUT2D eigenvalue weighted by molar-refractivity contribution is 5.62. The second kappa shape index (κ2) is 5.81. The first-order valence-electron chi connectivity index (χ1n) is 6.69. The van der Waals surface area contributed by atoms with E-state index in [9.17, 15) is 13.2 Å². The van der Waals surface area contributed by atoms with Crippen LogP contribution >= 0.6 is 0 Å². The Hall–Kier alpha value is -1.59. The van der Waals surface area contributed by atoms with Crippen LogP contribution in [-0.2, 0) is 0 Å². The zero-order valence-corrected chi connectivity index (χ0v) is 11.4. The molecule has 1 fully saturated rings. The predicted molar refractivity (Wildman–Crippen MR) is 73.0 cm³/mol. The topological polar surface area (TPSA) is 38.5 Å². The molecule has 1 aromatic carbocycles. The first-order chi connectivity index (χ1) is 9.35. The molecule has 0 saturated carbocycles. The number of nitrogens with zero attached hydrogens (tertiary/aromatic N) is 1. The van der Waals surface area contributed by atoms with Crippen molar-refractivity contribution in [2.24, 2.45) is 5.92 Å². The molecule has 0 aliphatic carbocycles. The predicted octanol–water partition coefficient (Wildman–Crippen LogP) is 3.45. The van der Waals surface area contributed by atoms with E-state index < -0.39 is 12.8 Å². The van der Waals surface area contributed by atoms with Crippen LogP contribution in [0.15, 0.2) is 18.2 Å². The van der Waals surface area contributed by atoms with Gasteiger partial charge in [0.25, 0.3) is 0 Å². The van der Waals surface area contributed by atoms with Crippen molar-refractivity contribution in [3.63, 3.8) is 0 Å².